The molecule has 0 aromatic heterocycles. The van der Waals surface area contributed by atoms with Crippen LogP contribution in [-0.2, 0) is 18.0 Å². The van der Waals surface area contributed by atoms with Crippen LogP contribution in [-0.4, -0.2) is 29.5 Å². The maximum atomic E-state index is 12.7. The molecule has 1 aliphatic rings. The molecule has 1 heterocycles. The standard InChI is InChI=1S/C17H37O4PSi/c1-2-3-4-5-6-7-8-9-10-12-16-20-22(18,21-23)17-14-11-13-15-19-17/h17H,2-16H2,1,23H3. The maximum absolute atomic E-state index is 12.7. The third-order valence-electron chi connectivity index (χ3n) is 4.53. The molecule has 2 unspecified atom stereocenters. The predicted molar refractivity (Wildman–Crippen MR) is 100 cm³/mol. The molecule has 0 bridgehead atoms. The summed E-state index contributed by atoms with van der Waals surface area (Å²) in [6.07, 6.45) is 15.8. The molecule has 138 valence electrons. The SMILES string of the molecule is CCCCCCCCCCCCOP(=O)(O[SiH3])C1CCCCO1. The fourth-order valence-electron chi connectivity index (χ4n) is 3.01. The van der Waals surface area contributed by atoms with E-state index in [-0.39, 0.29) is 5.85 Å². The molecule has 0 radical (unpaired) electrons. The highest BCUT2D eigenvalue weighted by atomic mass is 31.2. The van der Waals surface area contributed by atoms with Crippen molar-refractivity contribution in [3.63, 3.8) is 0 Å². The van der Waals surface area contributed by atoms with Crippen molar-refractivity contribution in [2.24, 2.45) is 0 Å². The molecule has 0 N–H and O–H groups in total. The van der Waals surface area contributed by atoms with Gasteiger partial charge in [-0.1, -0.05) is 64.7 Å². The zero-order valence-electron chi connectivity index (χ0n) is 15.3. The molecule has 2 atom stereocenters. The highest BCUT2D eigenvalue weighted by molar-refractivity contribution is 7.55. The Morgan fingerprint density at radius 2 is 1.61 bits per heavy atom. The minimum absolute atomic E-state index is 0.322. The van der Waals surface area contributed by atoms with Gasteiger partial charge in [0, 0.05) is 6.61 Å². The maximum Gasteiger partial charge on any atom is 0.348 e. The van der Waals surface area contributed by atoms with Crippen LogP contribution in [0.4, 0.5) is 0 Å². The summed E-state index contributed by atoms with van der Waals surface area (Å²) in [6, 6.07) is 0. The van der Waals surface area contributed by atoms with Gasteiger partial charge in [-0.25, -0.2) is 0 Å². The van der Waals surface area contributed by atoms with Gasteiger partial charge in [0.1, 0.15) is 0 Å². The van der Waals surface area contributed by atoms with Crippen LogP contribution in [0.3, 0.4) is 0 Å². The average Bonchev–Trinajstić information content (AvgIpc) is 2.60. The fraction of sp³-hybridized carbons (Fsp3) is 1.00. The first-order valence-corrected chi connectivity index (χ1v) is 12.1. The Bertz CT molecular complexity index is 322. The van der Waals surface area contributed by atoms with Crippen molar-refractivity contribution in [2.75, 3.05) is 13.2 Å². The van der Waals surface area contributed by atoms with Crippen LogP contribution in [0.5, 0.6) is 0 Å². The zero-order chi connectivity index (χ0) is 16.8. The summed E-state index contributed by atoms with van der Waals surface area (Å²) < 4.78 is 29.2. The molecule has 0 aromatic rings. The summed E-state index contributed by atoms with van der Waals surface area (Å²) in [7, 11) is -2.58. The summed E-state index contributed by atoms with van der Waals surface area (Å²) in [5.41, 5.74) is 0. The fourth-order valence-corrected chi connectivity index (χ4v) is 5.71. The summed E-state index contributed by atoms with van der Waals surface area (Å²) in [5.74, 6) is -0.322. The molecule has 1 fully saturated rings. The lowest BCUT2D eigenvalue weighted by Crippen LogP contribution is -2.21. The third kappa shape index (κ3) is 9.40. The third-order valence-corrected chi connectivity index (χ3v) is 8.22. The topological polar surface area (TPSA) is 44.8 Å². The lowest BCUT2D eigenvalue weighted by atomic mass is 10.1. The summed E-state index contributed by atoms with van der Waals surface area (Å²) >= 11 is 0. The Balaban J connectivity index is 1.99. The molecule has 6 heteroatoms. The van der Waals surface area contributed by atoms with E-state index >= 15 is 0 Å². The van der Waals surface area contributed by atoms with Gasteiger partial charge in [0.25, 0.3) is 0 Å². The Hall–Kier alpha value is 0.327. The van der Waals surface area contributed by atoms with Gasteiger partial charge in [0.05, 0.1) is 6.61 Å². The van der Waals surface area contributed by atoms with Gasteiger partial charge in [-0.2, -0.15) is 0 Å². The van der Waals surface area contributed by atoms with Crippen molar-refractivity contribution in [1.29, 1.82) is 0 Å². The predicted octanol–water partition coefficient (Wildman–Crippen LogP) is 4.94. The van der Waals surface area contributed by atoms with Crippen molar-refractivity contribution in [2.45, 2.75) is 96.2 Å². The van der Waals surface area contributed by atoms with E-state index in [1.165, 1.54) is 51.4 Å². The molecule has 0 amide bonds. The summed E-state index contributed by atoms with van der Waals surface area (Å²) in [6.45, 7) is 3.48. The second kappa shape index (κ2) is 13.6. The quantitative estimate of drug-likeness (QED) is 0.249. The molecule has 0 saturated carbocycles. The Kier molecular flexibility index (Phi) is 12.6. The van der Waals surface area contributed by atoms with E-state index in [4.69, 9.17) is 13.5 Å². The van der Waals surface area contributed by atoms with Crippen LogP contribution in [0, 0.1) is 0 Å². The Morgan fingerprint density at radius 3 is 2.13 bits per heavy atom. The molecular weight excluding hydrogens is 327 g/mol. The van der Waals surface area contributed by atoms with Crippen molar-refractivity contribution >= 4 is 18.1 Å². The first-order valence-electron chi connectivity index (χ1n) is 9.64. The van der Waals surface area contributed by atoms with Crippen molar-refractivity contribution in [3.8, 4) is 0 Å². The van der Waals surface area contributed by atoms with Gasteiger partial charge in [-0.3, -0.25) is 4.57 Å². The van der Waals surface area contributed by atoms with E-state index in [9.17, 15) is 4.57 Å². The molecule has 0 aliphatic carbocycles. The van der Waals surface area contributed by atoms with E-state index in [0.29, 0.717) is 23.7 Å². The highest BCUT2D eigenvalue weighted by Crippen LogP contribution is 2.55. The van der Waals surface area contributed by atoms with E-state index in [1.807, 2.05) is 0 Å². The Morgan fingerprint density at radius 1 is 1.00 bits per heavy atom. The van der Waals surface area contributed by atoms with Gasteiger partial charge in [0.2, 0.25) is 0 Å². The number of ether oxygens (including phenoxy) is 1. The van der Waals surface area contributed by atoms with Crippen LogP contribution < -0.4 is 0 Å². The number of hydrogen-bond donors (Lipinski definition) is 0. The van der Waals surface area contributed by atoms with Crippen molar-refractivity contribution < 1.29 is 18.0 Å². The molecule has 1 rings (SSSR count). The lowest BCUT2D eigenvalue weighted by Gasteiger charge is -2.29. The van der Waals surface area contributed by atoms with Crippen molar-refractivity contribution in [1.82, 2.24) is 0 Å². The van der Waals surface area contributed by atoms with Crippen LogP contribution in [0.2, 0.25) is 0 Å². The van der Waals surface area contributed by atoms with E-state index in [0.717, 1.165) is 32.1 Å². The second-order valence-electron chi connectivity index (χ2n) is 6.56. The van der Waals surface area contributed by atoms with Gasteiger partial charge in [-0.15, -0.1) is 0 Å². The van der Waals surface area contributed by atoms with Gasteiger partial charge < -0.3 is 13.5 Å². The molecule has 0 spiro atoms. The highest BCUT2D eigenvalue weighted by Gasteiger charge is 2.36. The van der Waals surface area contributed by atoms with Crippen LogP contribution in [0.1, 0.15) is 90.4 Å². The number of hydrogen-bond acceptors (Lipinski definition) is 4. The molecule has 4 nitrogen and oxygen atoms in total. The largest absolute Gasteiger partial charge is 0.366 e. The molecule has 1 aliphatic heterocycles. The average molecular weight is 365 g/mol. The summed E-state index contributed by atoms with van der Waals surface area (Å²) in [4.78, 5) is 0. The molecule has 0 aromatic carbocycles. The van der Waals surface area contributed by atoms with E-state index < -0.39 is 7.60 Å². The zero-order valence-corrected chi connectivity index (χ0v) is 18.2. The Labute approximate surface area is 146 Å². The van der Waals surface area contributed by atoms with Gasteiger partial charge in [-0.05, 0) is 25.7 Å². The van der Waals surface area contributed by atoms with E-state index in [2.05, 4.69) is 6.92 Å². The lowest BCUT2D eigenvalue weighted by molar-refractivity contribution is 0.0452. The first kappa shape index (κ1) is 21.4. The number of unbranched alkanes of at least 4 members (excludes halogenated alkanes) is 9. The van der Waals surface area contributed by atoms with Crippen LogP contribution >= 0.6 is 7.60 Å². The normalized spacial score (nSPS) is 21.3. The monoisotopic (exact) mass is 364 g/mol. The number of rotatable bonds is 14. The van der Waals surface area contributed by atoms with Crippen molar-refractivity contribution in [3.05, 3.63) is 0 Å². The van der Waals surface area contributed by atoms with Gasteiger partial charge in [0.15, 0.2) is 16.3 Å². The minimum atomic E-state index is -3.01. The minimum Gasteiger partial charge on any atom is -0.366 e. The second-order valence-corrected chi connectivity index (χ2v) is 9.93. The summed E-state index contributed by atoms with van der Waals surface area (Å²) in [5, 5.41) is 0. The van der Waals surface area contributed by atoms with Gasteiger partial charge >= 0.3 is 7.60 Å². The molecule has 1 saturated heterocycles. The van der Waals surface area contributed by atoms with Crippen LogP contribution in [0.25, 0.3) is 0 Å². The van der Waals surface area contributed by atoms with Crippen LogP contribution in [0.15, 0.2) is 0 Å². The smallest absolute Gasteiger partial charge is 0.348 e. The first-order chi connectivity index (χ1) is 11.2. The van der Waals surface area contributed by atoms with E-state index in [1.54, 1.807) is 0 Å². The molecule has 23 heavy (non-hydrogen) atoms. The molecular formula is C17H37O4PSi.